The Morgan fingerprint density at radius 3 is 2.46 bits per heavy atom. The highest BCUT2D eigenvalue weighted by molar-refractivity contribution is 5.83. The second-order valence-electron chi connectivity index (χ2n) is 3.37. The van der Waals surface area contributed by atoms with Crippen LogP contribution in [0.5, 0.6) is 0 Å². The van der Waals surface area contributed by atoms with Gasteiger partial charge in [-0.25, -0.2) is 0 Å². The summed E-state index contributed by atoms with van der Waals surface area (Å²) in [6.45, 7) is 4.03. The molecule has 0 saturated heterocycles. The second-order valence-corrected chi connectivity index (χ2v) is 3.37. The van der Waals surface area contributed by atoms with Crippen LogP contribution in [0.2, 0.25) is 0 Å². The molecule has 0 rings (SSSR count). The number of rotatable bonds is 7. The normalized spacial score (nSPS) is 12.1. The van der Waals surface area contributed by atoms with Gasteiger partial charge in [-0.05, 0) is 12.8 Å². The summed E-state index contributed by atoms with van der Waals surface area (Å²) in [7, 11) is 0. The van der Waals surface area contributed by atoms with E-state index in [1.54, 1.807) is 0 Å². The molecule has 2 heteroatoms. The minimum atomic E-state index is -0.360. The zero-order chi connectivity index (χ0) is 10.1. The highest BCUT2D eigenvalue weighted by atomic mass is 16.1. The van der Waals surface area contributed by atoms with Crippen molar-refractivity contribution in [1.82, 2.24) is 0 Å². The molecule has 0 amide bonds. The topological polar surface area (TPSA) is 40.9 Å². The van der Waals surface area contributed by atoms with E-state index in [4.69, 9.17) is 5.26 Å². The van der Waals surface area contributed by atoms with E-state index in [0.717, 1.165) is 12.8 Å². The highest BCUT2D eigenvalue weighted by Crippen LogP contribution is 2.10. The number of nitrogens with zero attached hydrogens (tertiary/aromatic N) is 1. The lowest BCUT2D eigenvalue weighted by atomic mass is 9.98. The van der Waals surface area contributed by atoms with Gasteiger partial charge in [0.05, 0.1) is 6.07 Å². The Labute approximate surface area is 80.9 Å². The molecular weight excluding hydrogens is 162 g/mol. The van der Waals surface area contributed by atoms with Crippen molar-refractivity contribution in [2.75, 3.05) is 0 Å². The Balaban J connectivity index is 3.56. The van der Waals surface area contributed by atoms with Crippen molar-refractivity contribution in [3.8, 4) is 6.07 Å². The molecular formula is C11H19NO. The number of ketones is 1. The summed E-state index contributed by atoms with van der Waals surface area (Å²) < 4.78 is 0. The smallest absolute Gasteiger partial charge is 0.149 e. The standard InChI is InChI=1S/C11H19NO/c1-3-5-6-7-8-11(13)10(4-2)9-12/h10H,3-8H2,1-2H3. The molecule has 0 aliphatic rings. The molecule has 0 aromatic rings. The van der Waals surface area contributed by atoms with Crippen molar-refractivity contribution in [3.63, 3.8) is 0 Å². The molecule has 0 spiro atoms. The molecule has 1 atom stereocenters. The zero-order valence-electron chi connectivity index (χ0n) is 8.68. The maximum atomic E-state index is 11.3. The third-order valence-corrected chi connectivity index (χ3v) is 2.23. The SMILES string of the molecule is CCCCCCC(=O)C(C#N)CC. The van der Waals surface area contributed by atoms with E-state index in [1.807, 2.05) is 13.0 Å². The molecule has 0 aliphatic heterocycles. The first-order chi connectivity index (χ1) is 6.26. The molecule has 0 heterocycles. The molecule has 0 aliphatic carbocycles. The van der Waals surface area contributed by atoms with E-state index in [-0.39, 0.29) is 11.7 Å². The molecule has 0 N–H and O–H groups in total. The maximum absolute atomic E-state index is 11.3. The third-order valence-electron chi connectivity index (χ3n) is 2.23. The second kappa shape index (κ2) is 7.79. The van der Waals surface area contributed by atoms with Gasteiger partial charge in [0, 0.05) is 6.42 Å². The fourth-order valence-corrected chi connectivity index (χ4v) is 1.29. The number of hydrogen-bond donors (Lipinski definition) is 0. The predicted molar refractivity (Wildman–Crippen MR) is 53.2 cm³/mol. The predicted octanol–water partition coefficient (Wildman–Crippen LogP) is 3.08. The van der Waals surface area contributed by atoms with E-state index in [0.29, 0.717) is 12.8 Å². The number of carbonyl (C=O) groups excluding carboxylic acids is 1. The zero-order valence-corrected chi connectivity index (χ0v) is 8.68. The van der Waals surface area contributed by atoms with E-state index in [1.165, 1.54) is 12.8 Å². The molecule has 0 saturated carbocycles. The molecule has 0 radical (unpaired) electrons. The summed E-state index contributed by atoms with van der Waals surface area (Å²) in [6.07, 6.45) is 5.68. The summed E-state index contributed by atoms with van der Waals surface area (Å²) in [6, 6.07) is 2.04. The number of hydrogen-bond acceptors (Lipinski definition) is 2. The summed E-state index contributed by atoms with van der Waals surface area (Å²) in [5.41, 5.74) is 0. The number of unbranched alkanes of at least 4 members (excludes halogenated alkanes) is 3. The van der Waals surface area contributed by atoms with Crippen molar-refractivity contribution < 1.29 is 4.79 Å². The molecule has 0 bridgehead atoms. The fraction of sp³-hybridized carbons (Fsp3) is 0.818. The Bertz CT molecular complexity index is 181. The first-order valence-electron chi connectivity index (χ1n) is 5.18. The van der Waals surface area contributed by atoms with Crippen LogP contribution in [0.4, 0.5) is 0 Å². The van der Waals surface area contributed by atoms with Gasteiger partial charge in [0.1, 0.15) is 11.7 Å². The van der Waals surface area contributed by atoms with Crippen molar-refractivity contribution in [3.05, 3.63) is 0 Å². The fourth-order valence-electron chi connectivity index (χ4n) is 1.29. The first-order valence-corrected chi connectivity index (χ1v) is 5.18. The van der Waals surface area contributed by atoms with Crippen LogP contribution in [0.25, 0.3) is 0 Å². The van der Waals surface area contributed by atoms with E-state index >= 15 is 0 Å². The van der Waals surface area contributed by atoms with Gasteiger partial charge in [0.2, 0.25) is 0 Å². The average Bonchev–Trinajstić information content (AvgIpc) is 2.14. The summed E-state index contributed by atoms with van der Waals surface area (Å²) in [4.78, 5) is 11.3. The molecule has 0 aromatic carbocycles. The Morgan fingerprint density at radius 2 is 2.00 bits per heavy atom. The van der Waals surface area contributed by atoms with Gasteiger partial charge in [0.15, 0.2) is 0 Å². The highest BCUT2D eigenvalue weighted by Gasteiger charge is 2.13. The minimum Gasteiger partial charge on any atom is -0.298 e. The maximum Gasteiger partial charge on any atom is 0.149 e. The van der Waals surface area contributed by atoms with Gasteiger partial charge in [-0.2, -0.15) is 5.26 Å². The van der Waals surface area contributed by atoms with Crippen LogP contribution in [0.3, 0.4) is 0 Å². The quantitative estimate of drug-likeness (QED) is 0.566. The Kier molecular flexibility index (Phi) is 7.29. The summed E-state index contributed by atoms with van der Waals surface area (Å²) >= 11 is 0. The number of nitriles is 1. The van der Waals surface area contributed by atoms with Gasteiger partial charge in [-0.3, -0.25) is 4.79 Å². The molecule has 2 nitrogen and oxygen atoms in total. The van der Waals surface area contributed by atoms with Crippen LogP contribution in [0, 0.1) is 17.2 Å². The van der Waals surface area contributed by atoms with E-state index < -0.39 is 0 Å². The largest absolute Gasteiger partial charge is 0.298 e. The van der Waals surface area contributed by atoms with Crippen molar-refractivity contribution in [2.45, 2.75) is 52.4 Å². The average molecular weight is 181 g/mol. The molecule has 13 heavy (non-hydrogen) atoms. The van der Waals surface area contributed by atoms with E-state index in [2.05, 4.69) is 6.92 Å². The molecule has 1 unspecified atom stereocenters. The van der Waals surface area contributed by atoms with Crippen molar-refractivity contribution in [1.29, 1.82) is 5.26 Å². The van der Waals surface area contributed by atoms with E-state index in [9.17, 15) is 4.79 Å². The lowest BCUT2D eigenvalue weighted by Gasteiger charge is -2.03. The lowest BCUT2D eigenvalue weighted by molar-refractivity contribution is -0.121. The van der Waals surface area contributed by atoms with Crippen LogP contribution in [-0.4, -0.2) is 5.78 Å². The van der Waals surface area contributed by atoms with Crippen LogP contribution < -0.4 is 0 Å². The lowest BCUT2D eigenvalue weighted by Crippen LogP contribution is -2.10. The van der Waals surface area contributed by atoms with Gasteiger partial charge >= 0.3 is 0 Å². The molecule has 0 aromatic heterocycles. The monoisotopic (exact) mass is 181 g/mol. The van der Waals surface area contributed by atoms with Gasteiger partial charge in [-0.1, -0.05) is 33.1 Å². The third kappa shape index (κ3) is 5.41. The van der Waals surface area contributed by atoms with Crippen LogP contribution in [0.1, 0.15) is 52.4 Å². The minimum absolute atomic E-state index is 0.126. The van der Waals surface area contributed by atoms with Gasteiger partial charge in [-0.15, -0.1) is 0 Å². The Morgan fingerprint density at radius 1 is 1.31 bits per heavy atom. The van der Waals surface area contributed by atoms with Crippen molar-refractivity contribution in [2.24, 2.45) is 5.92 Å². The first kappa shape index (κ1) is 12.2. The molecule has 0 fully saturated rings. The number of carbonyl (C=O) groups is 1. The van der Waals surface area contributed by atoms with Gasteiger partial charge < -0.3 is 0 Å². The van der Waals surface area contributed by atoms with Gasteiger partial charge in [0.25, 0.3) is 0 Å². The Hall–Kier alpha value is -0.840. The summed E-state index contributed by atoms with van der Waals surface area (Å²) in [5.74, 6) is -0.234. The van der Waals surface area contributed by atoms with Crippen LogP contribution in [0.15, 0.2) is 0 Å². The van der Waals surface area contributed by atoms with Crippen LogP contribution >= 0.6 is 0 Å². The summed E-state index contributed by atoms with van der Waals surface area (Å²) in [5, 5.41) is 8.63. The molecule has 74 valence electrons. The van der Waals surface area contributed by atoms with Crippen molar-refractivity contribution >= 4 is 5.78 Å². The van der Waals surface area contributed by atoms with Crippen LogP contribution in [-0.2, 0) is 4.79 Å². The number of Topliss-reactive ketones (excluding diaryl/α,β-unsaturated/α-hetero) is 1.